The molecule has 36 heavy (non-hydrogen) atoms. The molecule has 0 saturated carbocycles. The molecule has 0 spiro atoms. The second kappa shape index (κ2) is 12.7. The number of amidine groups is 1. The number of carbonyl (C=O) groups excluding carboxylic acids is 1. The fourth-order valence-electron chi connectivity index (χ4n) is 3.46. The number of para-hydroxylation sites is 1. The van der Waals surface area contributed by atoms with Gasteiger partial charge in [-0.05, 0) is 104 Å². The lowest BCUT2D eigenvalue weighted by atomic mass is 10.2. The van der Waals surface area contributed by atoms with Gasteiger partial charge in [-0.2, -0.15) is 0 Å². The van der Waals surface area contributed by atoms with Crippen LogP contribution in [0.4, 0.5) is 10.1 Å². The number of nitrogens with zero attached hydrogens (tertiary/aromatic N) is 2. The molecule has 3 aromatic rings. The van der Waals surface area contributed by atoms with Crippen molar-refractivity contribution in [1.82, 2.24) is 4.90 Å². The number of thioether (sulfide) groups is 1. The zero-order valence-electron chi connectivity index (χ0n) is 19.4. The minimum Gasteiger partial charge on any atom is -0.487 e. The SMILES string of the molecule is COCCCN1C(=O)/C(=C/c2cc(Br)c(OCc3ccc(F)cc3)c(Br)c2)SC1=Nc1ccccc1. The van der Waals surface area contributed by atoms with Crippen molar-refractivity contribution in [3.8, 4) is 5.75 Å². The predicted octanol–water partition coefficient (Wildman–Crippen LogP) is 7.57. The average molecular weight is 634 g/mol. The van der Waals surface area contributed by atoms with Crippen LogP contribution in [0.3, 0.4) is 0 Å². The third-order valence-electron chi connectivity index (χ3n) is 5.21. The number of aliphatic imine (C=N–C) groups is 1. The summed E-state index contributed by atoms with van der Waals surface area (Å²) < 4.78 is 25.7. The molecule has 1 fully saturated rings. The molecule has 0 radical (unpaired) electrons. The molecule has 1 heterocycles. The van der Waals surface area contributed by atoms with E-state index in [1.54, 1.807) is 24.1 Å². The Balaban J connectivity index is 1.55. The molecule has 0 bridgehead atoms. The van der Waals surface area contributed by atoms with Crippen molar-refractivity contribution in [2.45, 2.75) is 13.0 Å². The number of hydrogen-bond donors (Lipinski definition) is 0. The molecule has 5 nitrogen and oxygen atoms in total. The molecule has 4 rings (SSSR count). The van der Waals surface area contributed by atoms with Crippen LogP contribution in [-0.4, -0.2) is 36.2 Å². The van der Waals surface area contributed by atoms with E-state index in [0.29, 0.717) is 42.0 Å². The zero-order valence-corrected chi connectivity index (χ0v) is 23.4. The predicted molar refractivity (Wildman–Crippen MR) is 150 cm³/mol. The molecule has 186 valence electrons. The van der Waals surface area contributed by atoms with Crippen molar-refractivity contribution in [3.63, 3.8) is 0 Å². The van der Waals surface area contributed by atoms with Gasteiger partial charge in [0.15, 0.2) is 5.17 Å². The van der Waals surface area contributed by atoms with Crippen molar-refractivity contribution in [3.05, 3.63) is 97.5 Å². The lowest BCUT2D eigenvalue weighted by Crippen LogP contribution is -2.30. The maximum atomic E-state index is 13.3. The van der Waals surface area contributed by atoms with E-state index >= 15 is 0 Å². The fourth-order valence-corrected chi connectivity index (χ4v) is 5.93. The summed E-state index contributed by atoms with van der Waals surface area (Å²) in [6, 6.07) is 19.6. The Morgan fingerprint density at radius 1 is 1.06 bits per heavy atom. The van der Waals surface area contributed by atoms with Crippen LogP contribution in [0.2, 0.25) is 0 Å². The van der Waals surface area contributed by atoms with Crippen LogP contribution in [0.1, 0.15) is 17.5 Å². The Kier molecular flexibility index (Phi) is 9.36. The first-order valence-corrected chi connectivity index (χ1v) is 13.5. The molecule has 1 aliphatic rings. The topological polar surface area (TPSA) is 51.1 Å². The van der Waals surface area contributed by atoms with E-state index in [4.69, 9.17) is 14.5 Å². The average Bonchev–Trinajstić information content (AvgIpc) is 3.14. The van der Waals surface area contributed by atoms with Crippen molar-refractivity contribution >= 4 is 66.5 Å². The van der Waals surface area contributed by atoms with Crippen molar-refractivity contribution in [2.75, 3.05) is 20.3 Å². The molecular formula is C27H23Br2FN2O3S. The Morgan fingerprint density at radius 2 is 1.75 bits per heavy atom. The van der Waals surface area contributed by atoms with E-state index in [1.807, 2.05) is 48.5 Å². The highest BCUT2D eigenvalue weighted by Crippen LogP contribution is 2.38. The lowest BCUT2D eigenvalue weighted by Gasteiger charge is -2.15. The normalized spacial score (nSPS) is 15.8. The number of halogens is 3. The Morgan fingerprint density at radius 3 is 2.42 bits per heavy atom. The number of carbonyl (C=O) groups is 1. The molecule has 0 aromatic heterocycles. The van der Waals surface area contributed by atoms with E-state index in [1.165, 1.54) is 23.9 Å². The molecule has 1 aliphatic heterocycles. The van der Waals surface area contributed by atoms with E-state index in [0.717, 1.165) is 25.8 Å². The van der Waals surface area contributed by atoms with Crippen LogP contribution in [0.5, 0.6) is 5.75 Å². The van der Waals surface area contributed by atoms with E-state index in [-0.39, 0.29) is 11.7 Å². The summed E-state index contributed by atoms with van der Waals surface area (Å²) in [5.74, 6) is 0.251. The molecule has 3 aromatic carbocycles. The molecule has 0 unspecified atom stereocenters. The van der Waals surface area contributed by atoms with Gasteiger partial charge in [0.25, 0.3) is 5.91 Å². The van der Waals surface area contributed by atoms with Gasteiger partial charge in [0.05, 0.1) is 19.5 Å². The quantitative estimate of drug-likeness (QED) is 0.180. The maximum absolute atomic E-state index is 13.3. The summed E-state index contributed by atoms with van der Waals surface area (Å²) in [6.45, 7) is 1.37. The number of hydrogen-bond acceptors (Lipinski definition) is 5. The summed E-state index contributed by atoms with van der Waals surface area (Å²) in [6.07, 6.45) is 2.56. The van der Waals surface area contributed by atoms with Gasteiger partial charge in [0, 0.05) is 20.3 Å². The van der Waals surface area contributed by atoms with Gasteiger partial charge < -0.3 is 9.47 Å². The summed E-state index contributed by atoms with van der Waals surface area (Å²) in [5, 5.41) is 0.644. The molecular weight excluding hydrogens is 611 g/mol. The largest absolute Gasteiger partial charge is 0.487 e. The number of ether oxygens (including phenoxy) is 2. The third kappa shape index (κ3) is 6.85. The van der Waals surface area contributed by atoms with Gasteiger partial charge in [-0.1, -0.05) is 30.3 Å². The third-order valence-corrected chi connectivity index (χ3v) is 7.40. The lowest BCUT2D eigenvalue weighted by molar-refractivity contribution is -0.122. The first-order chi connectivity index (χ1) is 17.4. The second-order valence-corrected chi connectivity index (χ2v) is 10.6. The van der Waals surface area contributed by atoms with Crippen LogP contribution < -0.4 is 4.74 Å². The summed E-state index contributed by atoms with van der Waals surface area (Å²) in [7, 11) is 1.65. The van der Waals surface area contributed by atoms with E-state index in [2.05, 4.69) is 31.9 Å². The molecule has 0 atom stereocenters. The molecule has 0 aliphatic carbocycles. The smallest absolute Gasteiger partial charge is 0.266 e. The summed E-state index contributed by atoms with van der Waals surface area (Å²) in [5.41, 5.74) is 2.48. The Bertz CT molecular complexity index is 1260. The number of benzene rings is 3. The van der Waals surface area contributed by atoms with Crippen LogP contribution in [0, 0.1) is 5.82 Å². The van der Waals surface area contributed by atoms with Crippen LogP contribution in [-0.2, 0) is 16.1 Å². The van der Waals surface area contributed by atoms with Gasteiger partial charge >= 0.3 is 0 Å². The fraction of sp³-hybridized carbons (Fsp3) is 0.185. The standard InChI is InChI=1S/C27H23Br2FN2O3S/c1-34-13-5-12-32-26(33)24(36-27(32)31-21-6-3-2-4-7-21)16-19-14-22(28)25(23(29)15-19)35-17-18-8-10-20(30)11-9-18/h2-4,6-11,14-16H,5,12-13,17H2,1H3/b24-16-,31-27?. The second-order valence-electron chi connectivity index (χ2n) is 7.87. The van der Waals surface area contributed by atoms with E-state index < -0.39 is 0 Å². The number of methoxy groups -OCH3 is 1. The van der Waals surface area contributed by atoms with Gasteiger partial charge in [-0.25, -0.2) is 9.38 Å². The zero-order chi connectivity index (χ0) is 25.5. The van der Waals surface area contributed by atoms with Crippen LogP contribution in [0.15, 0.2) is 85.6 Å². The monoisotopic (exact) mass is 632 g/mol. The molecule has 1 amide bonds. The van der Waals surface area contributed by atoms with Crippen molar-refractivity contribution < 1.29 is 18.7 Å². The number of rotatable bonds is 9. The summed E-state index contributed by atoms with van der Waals surface area (Å²) in [4.78, 5) is 20.3. The van der Waals surface area contributed by atoms with Gasteiger partial charge in [-0.3, -0.25) is 9.69 Å². The van der Waals surface area contributed by atoms with Crippen LogP contribution >= 0.6 is 43.6 Å². The highest BCUT2D eigenvalue weighted by Gasteiger charge is 2.33. The molecule has 1 saturated heterocycles. The highest BCUT2D eigenvalue weighted by atomic mass is 79.9. The molecule has 9 heteroatoms. The summed E-state index contributed by atoms with van der Waals surface area (Å²) >= 11 is 8.50. The first-order valence-electron chi connectivity index (χ1n) is 11.1. The minimum absolute atomic E-state index is 0.0883. The van der Waals surface area contributed by atoms with Gasteiger partial charge in [0.1, 0.15) is 18.2 Å². The Labute approximate surface area is 230 Å². The highest BCUT2D eigenvalue weighted by molar-refractivity contribution is 9.11. The van der Waals surface area contributed by atoms with E-state index in [9.17, 15) is 9.18 Å². The minimum atomic E-state index is -0.285. The van der Waals surface area contributed by atoms with Crippen molar-refractivity contribution in [1.29, 1.82) is 0 Å². The first kappa shape index (κ1) is 26.6. The maximum Gasteiger partial charge on any atom is 0.266 e. The van der Waals surface area contributed by atoms with Crippen molar-refractivity contribution in [2.24, 2.45) is 4.99 Å². The molecule has 0 N–H and O–H groups in total. The van der Waals surface area contributed by atoms with Crippen LogP contribution in [0.25, 0.3) is 6.08 Å². The Hall–Kier alpha value is -2.46. The van der Waals surface area contributed by atoms with Gasteiger partial charge in [0.2, 0.25) is 0 Å². The van der Waals surface area contributed by atoms with Gasteiger partial charge in [-0.15, -0.1) is 0 Å². The number of amides is 1.